The van der Waals surface area contributed by atoms with Gasteiger partial charge < -0.3 is 5.11 Å². The van der Waals surface area contributed by atoms with Crippen molar-refractivity contribution in [2.75, 3.05) is 0 Å². The quantitative estimate of drug-likeness (QED) is 0.731. The van der Waals surface area contributed by atoms with E-state index in [1.165, 1.54) is 6.92 Å². The van der Waals surface area contributed by atoms with Crippen LogP contribution < -0.4 is 0 Å². The fourth-order valence-electron chi connectivity index (χ4n) is 1.56. The van der Waals surface area contributed by atoms with Gasteiger partial charge in [-0.05, 0) is 37.0 Å². The second-order valence-corrected chi connectivity index (χ2v) is 3.94. The van der Waals surface area contributed by atoms with Crippen LogP contribution in [0.1, 0.15) is 48.2 Å². The van der Waals surface area contributed by atoms with Gasteiger partial charge in [0.05, 0.1) is 0 Å². The van der Waals surface area contributed by atoms with E-state index in [0.29, 0.717) is 5.56 Å². The minimum Gasteiger partial charge on any atom is -0.508 e. The van der Waals surface area contributed by atoms with Gasteiger partial charge in [0.1, 0.15) is 5.75 Å². The number of carbonyl (C=O) groups is 1. The number of benzene rings is 1. The lowest BCUT2D eigenvalue weighted by Crippen LogP contribution is -1.99. The van der Waals surface area contributed by atoms with Crippen LogP contribution in [0.15, 0.2) is 12.1 Å². The summed E-state index contributed by atoms with van der Waals surface area (Å²) in [6.45, 7) is 7.43. The first kappa shape index (κ1) is 10.8. The van der Waals surface area contributed by atoms with Gasteiger partial charge in [0.25, 0.3) is 0 Å². The normalized spacial score (nSPS) is 10.6. The van der Waals surface area contributed by atoms with Gasteiger partial charge in [0.2, 0.25) is 0 Å². The van der Waals surface area contributed by atoms with E-state index in [9.17, 15) is 9.90 Å². The third-order valence-corrected chi connectivity index (χ3v) is 2.37. The van der Waals surface area contributed by atoms with Gasteiger partial charge in [-0.1, -0.05) is 19.9 Å². The first-order valence-electron chi connectivity index (χ1n) is 4.78. The lowest BCUT2D eigenvalue weighted by Gasteiger charge is -2.11. The lowest BCUT2D eigenvalue weighted by molar-refractivity contribution is 0.101. The molecule has 1 N–H and O–H groups in total. The summed E-state index contributed by atoms with van der Waals surface area (Å²) < 4.78 is 0. The fraction of sp³-hybridized carbons (Fsp3) is 0.417. The molecule has 0 unspecified atom stereocenters. The van der Waals surface area contributed by atoms with E-state index in [1.807, 2.05) is 26.8 Å². The smallest absolute Gasteiger partial charge is 0.160 e. The Labute approximate surface area is 84.6 Å². The summed E-state index contributed by atoms with van der Waals surface area (Å²) >= 11 is 0. The Bertz CT molecular complexity index is 365. The van der Waals surface area contributed by atoms with Crippen molar-refractivity contribution in [3.05, 3.63) is 28.8 Å². The van der Waals surface area contributed by atoms with Crippen molar-refractivity contribution in [1.29, 1.82) is 0 Å². The van der Waals surface area contributed by atoms with Crippen LogP contribution in [0.3, 0.4) is 0 Å². The van der Waals surface area contributed by atoms with Crippen molar-refractivity contribution in [3.63, 3.8) is 0 Å². The summed E-state index contributed by atoms with van der Waals surface area (Å²) in [5, 5.41) is 9.68. The molecule has 0 saturated heterocycles. The second-order valence-electron chi connectivity index (χ2n) is 3.94. The van der Waals surface area contributed by atoms with Crippen molar-refractivity contribution in [2.45, 2.75) is 33.6 Å². The number of aryl methyl sites for hydroxylation is 1. The zero-order valence-corrected chi connectivity index (χ0v) is 9.09. The Morgan fingerprint density at radius 3 is 2.36 bits per heavy atom. The fourth-order valence-corrected chi connectivity index (χ4v) is 1.56. The predicted octanol–water partition coefficient (Wildman–Crippen LogP) is 3.03. The van der Waals surface area contributed by atoms with Gasteiger partial charge in [-0.3, -0.25) is 4.79 Å². The largest absolute Gasteiger partial charge is 0.508 e. The number of ketones is 1. The zero-order valence-electron chi connectivity index (χ0n) is 9.09. The Kier molecular flexibility index (Phi) is 2.94. The summed E-state index contributed by atoms with van der Waals surface area (Å²) in [6.07, 6.45) is 0. The zero-order chi connectivity index (χ0) is 10.9. The maximum atomic E-state index is 11.2. The van der Waals surface area contributed by atoms with Gasteiger partial charge in [-0.15, -0.1) is 0 Å². The Hall–Kier alpha value is -1.31. The number of Topliss-reactive ketones (excluding diaryl/α,β-unsaturated/α-hetero) is 1. The number of phenols is 1. The molecule has 0 bridgehead atoms. The van der Waals surface area contributed by atoms with E-state index in [0.717, 1.165) is 11.1 Å². The number of aromatic hydroxyl groups is 1. The van der Waals surface area contributed by atoms with Crippen LogP contribution in [-0.2, 0) is 0 Å². The van der Waals surface area contributed by atoms with Crippen molar-refractivity contribution < 1.29 is 9.90 Å². The molecule has 2 heteroatoms. The average molecular weight is 192 g/mol. The monoisotopic (exact) mass is 192 g/mol. The first-order chi connectivity index (χ1) is 6.43. The molecule has 0 atom stereocenters. The summed E-state index contributed by atoms with van der Waals surface area (Å²) in [5.74, 6) is 0.485. The molecule has 14 heavy (non-hydrogen) atoms. The molecule has 1 rings (SSSR count). The van der Waals surface area contributed by atoms with Crippen molar-refractivity contribution in [3.8, 4) is 5.75 Å². The van der Waals surface area contributed by atoms with E-state index in [1.54, 1.807) is 6.07 Å². The molecule has 0 spiro atoms. The molecule has 0 radical (unpaired) electrons. The highest BCUT2D eigenvalue weighted by Crippen LogP contribution is 2.28. The topological polar surface area (TPSA) is 37.3 Å². The Morgan fingerprint density at radius 2 is 1.93 bits per heavy atom. The lowest BCUT2D eigenvalue weighted by atomic mass is 9.95. The molecule has 1 aromatic carbocycles. The maximum absolute atomic E-state index is 11.2. The number of hydrogen-bond acceptors (Lipinski definition) is 2. The molecule has 0 aliphatic carbocycles. The summed E-state index contributed by atoms with van der Waals surface area (Å²) in [6, 6.07) is 3.45. The molecule has 0 aliphatic rings. The maximum Gasteiger partial charge on any atom is 0.160 e. The van der Waals surface area contributed by atoms with Crippen molar-refractivity contribution >= 4 is 5.78 Å². The highest BCUT2D eigenvalue weighted by molar-refractivity contribution is 5.96. The van der Waals surface area contributed by atoms with Crippen LogP contribution in [0.25, 0.3) is 0 Å². The summed E-state index contributed by atoms with van der Waals surface area (Å²) in [5.41, 5.74) is 2.43. The van der Waals surface area contributed by atoms with Gasteiger partial charge >= 0.3 is 0 Å². The number of hydrogen-bond donors (Lipinski definition) is 1. The number of carbonyl (C=O) groups excluding carboxylic acids is 1. The van der Waals surface area contributed by atoms with E-state index >= 15 is 0 Å². The van der Waals surface area contributed by atoms with Crippen LogP contribution in [0.5, 0.6) is 5.75 Å². The van der Waals surface area contributed by atoms with E-state index < -0.39 is 0 Å². The SMILES string of the molecule is CC(=O)c1cc(O)c(C(C)C)cc1C. The van der Waals surface area contributed by atoms with Gasteiger partial charge in [0, 0.05) is 5.56 Å². The highest BCUT2D eigenvalue weighted by atomic mass is 16.3. The van der Waals surface area contributed by atoms with Crippen LogP contribution in [-0.4, -0.2) is 10.9 Å². The molecule has 0 aromatic heterocycles. The summed E-state index contributed by atoms with van der Waals surface area (Å²) in [7, 11) is 0. The third kappa shape index (κ3) is 1.95. The molecule has 76 valence electrons. The minimum absolute atomic E-state index is 0.00638. The molecule has 0 heterocycles. The van der Waals surface area contributed by atoms with Crippen molar-refractivity contribution in [2.24, 2.45) is 0 Å². The van der Waals surface area contributed by atoms with Crippen LogP contribution in [0.2, 0.25) is 0 Å². The molecular formula is C12H16O2. The van der Waals surface area contributed by atoms with Gasteiger partial charge in [-0.25, -0.2) is 0 Å². The van der Waals surface area contributed by atoms with Crippen molar-refractivity contribution in [1.82, 2.24) is 0 Å². The molecule has 0 saturated carbocycles. The minimum atomic E-state index is -0.00638. The van der Waals surface area contributed by atoms with Crippen LogP contribution in [0, 0.1) is 6.92 Å². The number of rotatable bonds is 2. The van der Waals surface area contributed by atoms with Gasteiger partial charge in [0.15, 0.2) is 5.78 Å². The predicted molar refractivity (Wildman–Crippen MR) is 56.9 cm³/mol. The highest BCUT2D eigenvalue weighted by Gasteiger charge is 2.11. The van der Waals surface area contributed by atoms with E-state index in [-0.39, 0.29) is 17.5 Å². The average Bonchev–Trinajstić information content (AvgIpc) is 2.07. The van der Waals surface area contributed by atoms with Gasteiger partial charge in [-0.2, -0.15) is 0 Å². The first-order valence-corrected chi connectivity index (χ1v) is 4.78. The molecule has 1 aromatic rings. The Morgan fingerprint density at radius 1 is 1.36 bits per heavy atom. The second kappa shape index (κ2) is 3.82. The molecule has 0 amide bonds. The van der Waals surface area contributed by atoms with E-state index in [2.05, 4.69) is 0 Å². The van der Waals surface area contributed by atoms with Crippen LogP contribution in [0.4, 0.5) is 0 Å². The molecule has 0 fully saturated rings. The Balaban J connectivity index is 3.31. The number of phenolic OH excluding ortho intramolecular Hbond substituents is 1. The van der Waals surface area contributed by atoms with Crippen LogP contribution >= 0.6 is 0 Å². The third-order valence-electron chi connectivity index (χ3n) is 2.37. The molecule has 0 aliphatic heterocycles. The molecular weight excluding hydrogens is 176 g/mol. The standard InChI is InChI=1S/C12H16O2/c1-7(2)10-5-8(3)11(9(4)13)6-12(10)14/h5-7,14H,1-4H3. The summed E-state index contributed by atoms with van der Waals surface area (Å²) in [4.78, 5) is 11.2. The van der Waals surface area contributed by atoms with E-state index in [4.69, 9.17) is 0 Å². The molecule has 2 nitrogen and oxygen atoms in total.